The summed E-state index contributed by atoms with van der Waals surface area (Å²) in [5.74, 6) is 1.23. The van der Waals surface area contributed by atoms with E-state index in [2.05, 4.69) is 10.4 Å². The second-order valence-electron chi connectivity index (χ2n) is 5.94. The van der Waals surface area contributed by atoms with Crippen LogP contribution in [0.5, 0.6) is 0 Å². The van der Waals surface area contributed by atoms with Crippen LogP contribution in [0.25, 0.3) is 5.69 Å². The number of hydrogen-bond acceptors (Lipinski definition) is 5. The summed E-state index contributed by atoms with van der Waals surface area (Å²) in [5.41, 5.74) is 2.81. The van der Waals surface area contributed by atoms with Gasteiger partial charge >= 0.3 is 0 Å². The molecule has 1 saturated heterocycles. The van der Waals surface area contributed by atoms with Crippen molar-refractivity contribution in [1.29, 1.82) is 0 Å². The average Bonchev–Trinajstić information content (AvgIpc) is 3.28. The number of benzene rings is 1. The minimum absolute atomic E-state index is 0.181. The Morgan fingerprint density at radius 3 is 2.56 bits per heavy atom. The fourth-order valence-electron chi connectivity index (χ4n) is 3.01. The lowest BCUT2D eigenvalue weighted by Gasteiger charge is -2.15. The Morgan fingerprint density at radius 2 is 1.84 bits per heavy atom. The van der Waals surface area contributed by atoms with E-state index in [1.54, 1.807) is 16.4 Å². The molecule has 0 bridgehead atoms. The van der Waals surface area contributed by atoms with Gasteiger partial charge in [-0.05, 0) is 12.1 Å². The Morgan fingerprint density at radius 1 is 1.12 bits per heavy atom. The molecule has 1 aromatic heterocycles. The lowest BCUT2D eigenvalue weighted by Crippen LogP contribution is -2.37. The summed E-state index contributed by atoms with van der Waals surface area (Å²) in [6, 6.07) is 9.56. The average molecular weight is 356 g/mol. The molecule has 0 atom stereocenters. The monoisotopic (exact) mass is 356 g/mol. The molecule has 3 heterocycles. The van der Waals surface area contributed by atoms with Gasteiger partial charge in [-0.25, -0.2) is 4.68 Å². The number of carbonyl (C=O) groups is 3. The third-order valence-electron chi connectivity index (χ3n) is 4.27. The van der Waals surface area contributed by atoms with E-state index in [9.17, 15) is 14.4 Å². The number of hydrogen-bond donors (Lipinski definition) is 1. The molecular weight excluding hydrogens is 340 g/mol. The lowest BCUT2D eigenvalue weighted by atomic mass is 10.2. The molecule has 1 N–H and O–H groups in total. The first-order chi connectivity index (χ1) is 12.1. The van der Waals surface area contributed by atoms with Gasteiger partial charge in [0.15, 0.2) is 0 Å². The van der Waals surface area contributed by atoms with E-state index in [1.165, 1.54) is 0 Å². The molecule has 25 heavy (non-hydrogen) atoms. The molecule has 2 aromatic rings. The van der Waals surface area contributed by atoms with Gasteiger partial charge in [-0.2, -0.15) is 16.9 Å². The number of fused-ring (bicyclic) bond motifs is 1. The van der Waals surface area contributed by atoms with E-state index < -0.39 is 0 Å². The van der Waals surface area contributed by atoms with Gasteiger partial charge < -0.3 is 5.32 Å². The summed E-state index contributed by atoms with van der Waals surface area (Å²) in [7, 11) is 0. The van der Waals surface area contributed by atoms with Crippen LogP contribution in [0.4, 0.5) is 5.82 Å². The molecule has 7 nitrogen and oxygen atoms in total. The number of anilines is 1. The number of rotatable bonds is 4. The van der Waals surface area contributed by atoms with Gasteiger partial charge in [-0.1, -0.05) is 18.2 Å². The van der Waals surface area contributed by atoms with Crippen LogP contribution in [0.1, 0.15) is 24.1 Å². The molecule has 0 radical (unpaired) electrons. The molecule has 0 unspecified atom stereocenters. The molecule has 2 aliphatic heterocycles. The molecule has 2 aliphatic rings. The quantitative estimate of drug-likeness (QED) is 0.843. The zero-order valence-corrected chi connectivity index (χ0v) is 14.2. The molecule has 1 aromatic carbocycles. The Hall–Kier alpha value is -2.61. The highest BCUT2D eigenvalue weighted by molar-refractivity contribution is 7.98. The van der Waals surface area contributed by atoms with E-state index in [-0.39, 0.29) is 37.1 Å². The number of thioether (sulfide) groups is 1. The second kappa shape index (κ2) is 6.36. The van der Waals surface area contributed by atoms with Crippen molar-refractivity contribution < 1.29 is 14.4 Å². The normalized spacial score (nSPS) is 16.4. The van der Waals surface area contributed by atoms with Gasteiger partial charge in [-0.3, -0.25) is 19.3 Å². The third kappa shape index (κ3) is 2.93. The van der Waals surface area contributed by atoms with Crippen molar-refractivity contribution in [2.75, 3.05) is 11.9 Å². The SMILES string of the molecule is O=C(CN1C(=O)CCC1=O)Nc1c2c(nn1-c1ccccc1)CSC2. The Balaban J connectivity index is 1.60. The van der Waals surface area contributed by atoms with Gasteiger partial charge in [0.05, 0.1) is 11.4 Å². The molecule has 3 amide bonds. The Bertz CT molecular complexity index is 846. The van der Waals surface area contributed by atoms with Crippen LogP contribution < -0.4 is 5.32 Å². The van der Waals surface area contributed by atoms with Gasteiger partial charge in [0.25, 0.3) is 0 Å². The predicted molar refractivity (Wildman–Crippen MR) is 93.1 cm³/mol. The molecule has 0 spiro atoms. The predicted octanol–water partition coefficient (Wildman–Crippen LogP) is 1.71. The maximum absolute atomic E-state index is 12.4. The highest BCUT2D eigenvalue weighted by Crippen LogP contribution is 2.36. The lowest BCUT2D eigenvalue weighted by molar-refractivity contribution is -0.141. The number of aromatic nitrogens is 2. The maximum atomic E-state index is 12.4. The van der Waals surface area contributed by atoms with E-state index in [0.29, 0.717) is 5.82 Å². The van der Waals surface area contributed by atoms with Crippen LogP contribution in [-0.4, -0.2) is 38.9 Å². The van der Waals surface area contributed by atoms with Crippen molar-refractivity contribution in [2.24, 2.45) is 0 Å². The first-order valence-electron chi connectivity index (χ1n) is 8.00. The summed E-state index contributed by atoms with van der Waals surface area (Å²) in [6.07, 6.45) is 0.361. The fraction of sp³-hybridized carbons (Fsp3) is 0.294. The summed E-state index contributed by atoms with van der Waals surface area (Å²) < 4.78 is 1.72. The third-order valence-corrected chi connectivity index (χ3v) is 5.24. The van der Waals surface area contributed by atoms with Gasteiger partial charge in [0.1, 0.15) is 12.4 Å². The van der Waals surface area contributed by atoms with Crippen LogP contribution in [-0.2, 0) is 25.9 Å². The molecule has 0 aliphatic carbocycles. The van der Waals surface area contributed by atoms with Gasteiger partial charge in [-0.15, -0.1) is 0 Å². The second-order valence-corrected chi connectivity index (χ2v) is 6.92. The van der Waals surface area contributed by atoms with Crippen molar-refractivity contribution >= 4 is 35.3 Å². The van der Waals surface area contributed by atoms with E-state index in [1.807, 2.05) is 30.3 Å². The molecular formula is C17H16N4O3S. The van der Waals surface area contributed by atoms with Crippen LogP contribution >= 0.6 is 11.8 Å². The topological polar surface area (TPSA) is 84.3 Å². The maximum Gasteiger partial charge on any atom is 0.245 e. The van der Waals surface area contributed by atoms with Crippen LogP contribution in [0, 0.1) is 0 Å². The highest BCUT2D eigenvalue weighted by Gasteiger charge is 2.31. The Labute approximate surface area is 148 Å². The van der Waals surface area contributed by atoms with Crippen LogP contribution in [0.3, 0.4) is 0 Å². The molecule has 0 saturated carbocycles. The number of imide groups is 1. The van der Waals surface area contributed by atoms with Crippen molar-refractivity contribution in [2.45, 2.75) is 24.3 Å². The van der Waals surface area contributed by atoms with Gasteiger partial charge in [0, 0.05) is 29.9 Å². The van der Waals surface area contributed by atoms with Crippen molar-refractivity contribution in [1.82, 2.24) is 14.7 Å². The number of carbonyl (C=O) groups excluding carboxylic acids is 3. The standard InChI is InChI=1S/C17H16N4O3S/c22-14(8-20-15(23)6-7-16(20)24)18-17-12-9-25-10-13(12)19-21(17)11-4-2-1-3-5-11/h1-5H,6-10H2,(H,18,22). The van der Waals surface area contributed by atoms with Crippen molar-refractivity contribution in [3.05, 3.63) is 41.6 Å². The number of nitrogens with one attached hydrogen (secondary N) is 1. The fourth-order valence-corrected chi connectivity index (χ4v) is 4.05. The summed E-state index contributed by atoms with van der Waals surface area (Å²) in [5, 5.41) is 7.47. The molecule has 1 fully saturated rings. The number of nitrogens with zero attached hydrogens (tertiary/aromatic N) is 3. The minimum atomic E-state index is -0.389. The molecule has 8 heteroatoms. The van der Waals surface area contributed by atoms with Gasteiger partial charge in [0.2, 0.25) is 17.7 Å². The van der Waals surface area contributed by atoms with Crippen LogP contribution in [0.15, 0.2) is 30.3 Å². The number of likely N-dealkylation sites (tertiary alicyclic amines) is 1. The van der Waals surface area contributed by atoms with E-state index in [0.717, 1.165) is 33.4 Å². The highest BCUT2D eigenvalue weighted by atomic mass is 32.2. The Kier molecular flexibility index (Phi) is 4.04. The summed E-state index contributed by atoms with van der Waals surface area (Å²) in [4.78, 5) is 36.9. The zero-order chi connectivity index (χ0) is 17.4. The molecule has 4 rings (SSSR count). The smallest absolute Gasteiger partial charge is 0.245 e. The van der Waals surface area contributed by atoms with Crippen molar-refractivity contribution in [3.63, 3.8) is 0 Å². The van der Waals surface area contributed by atoms with Crippen LogP contribution in [0.2, 0.25) is 0 Å². The summed E-state index contributed by atoms with van der Waals surface area (Å²) in [6.45, 7) is -0.250. The van der Waals surface area contributed by atoms with Crippen molar-refractivity contribution in [3.8, 4) is 5.69 Å². The minimum Gasteiger partial charge on any atom is -0.309 e. The summed E-state index contributed by atoms with van der Waals surface area (Å²) >= 11 is 1.74. The molecule has 128 valence electrons. The van der Waals surface area contributed by atoms with E-state index >= 15 is 0 Å². The largest absolute Gasteiger partial charge is 0.309 e. The van der Waals surface area contributed by atoms with E-state index in [4.69, 9.17) is 0 Å². The first-order valence-corrected chi connectivity index (χ1v) is 9.16. The number of para-hydroxylation sites is 1. The first kappa shape index (κ1) is 15.9. The zero-order valence-electron chi connectivity index (χ0n) is 13.4. The number of amides is 3.